The van der Waals surface area contributed by atoms with E-state index in [1.807, 2.05) is 39.4 Å². The molecule has 0 bridgehead atoms. The molecule has 1 aliphatic heterocycles. The molecule has 3 atom stereocenters. The Balaban J connectivity index is 1.64. The van der Waals surface area contributed by atoms with E-state index in [0.717, 1.165) is 35.5 Å². The second-order valence-electron chi connectivity index (χ2n) is 8.84. The summed E-state index contributed by atoms with van der Waals surface area (Å²) in [5, 5.41) is 4.65. The van der Waals surface area contributed by atoms with E-state index in [0.29, 0.717) is 27.3 Å². The number of hydrogen-bond donors (Lipinski definition) is 0. The van der Waals surface area contributed by atoms with E-state index in [1.54, 1.807) is 16.8 Å². The van der Waals surface area contributed by atoms with Gasteiger partial charge in [-0.3, -0.25) is 4.68 Å². The Morgan fingerprint density at radius 1 is 1.06 bits per heavy atom. The molecule has 0 spiro atoms. The lowest BCUT2D eigenvalue weighted by atomic mass is 9.86. The van der Waals surface area contributed by atoms with E-state index in [2.05, 4.69) is 12.0 Å². The minimum absolute atomic E-state index is 0.0491. The zero-order chi connectivity index (χ0) is 23.3. The van der Waals surface area contributed by atoms with Crippen LogP contribution in [0.25, 0.3) is 22.3 Å². The number of aryl methyl sites for hydroxylation is 3. The van der Waals surface area contributed by atoms with Crippen molar-refractivity contribution in [3.63, 3.8) is 0 Å². The van der Waals surface area contributed by atoms with Gasteiger partial charge in [0.25, 0.3) is 0 Å². The predicted molar refractivity (Wildman–Crippen MR) is 126 cm³/mol. The van der Waals surface area contributed by atoms with E-state index in [1.165, 1.54) is 6.07 Å². The fraction of sp³-hybridized carbons (Fsp3) is 0.360. The third kappa shape index (κ3) is 4.23. The summed E-state index contributed by atoms with van der Waals surface area (Å²) in [6.45, 7) is 5.88. The first-order valence-corrected chi connectivity index (χ1v) is 11.4. The zero-order valence-corrected chi connectivity index (χ0v) is 19.8. The van der Waals surface area contributed by atoms with Crippen molar-refractivity contribution < 1.29 is 9.13 Å². The van der Waals surface area contributed by atoms with Crippen LogP contribution in [0.15, 0.2) is 36.7 Å². The third-order valence-electron chi connectivity index (χ3n) is 6.32. The molecule has 33 heavy (non-hydrogen) atoms. The molecule has 0 aliphatic carbocycles. The van der Waals surface area contributed by atoms with E-state index < -0.39 is 5.82 Å². The number of pyridine rings is 1. The Morgan fingerprint density at radius 3 is 2.58 bits per heavy atom. The Kier molecular flexibility index (Phi) is 5.62. The number of benzene rings is 1. The molecule has 0 unspecified atom stereocenters. The van der Waals surface area contributed by atoms with Gasteiger partial charge in [-0.05, 0) is 57.9 Å². The maximum Gasteiger partial charge on any atom is 0.179 e. The topological polar surface area (TPSA) is 65.7 Å². The monoisotopic (exact) mass is 465 g/mol. The fourth-order valence-corrected chi connectivity index (χ4v) is 4.71. The Labute approximate surface area is 196 Å². The van der Waals surface area contributed by atoms with Crippen LogP contribution in [-0.4, -0.2) is 30.8 Å². The van der Waals surface area contributed by atoms with Crippen LogP contribution in [0.5, 0.6) is 0 Å². The molecule has 1 saturated heterocycles. The second kappa shape index (κ2) is 8.47. The highest BCUT2D eigenvalue weighted by atomic mass is 35.5. The van der Waals surface area contributed by atoms with E-state index in [-0.39, 0.29) is 18.1 Å². The van der Waals surface area contributed by atoms with Crippen LogP contribution in [0.1, 0.15) is 54.4 Å². The van der Waals surface area contributed by atoms with Gasteiger partial charge in [0.05, 0.1) is 29.8 Å². The largest absolute Gasteiger partial charge is 0.370 e. The SMILES string of the molecule is Cc1nc2nc([C@H]3C[C@@H](C)O[C@@H](c4cnn(C)c4)C3)cc(-c3ccc(Cl)cc3F)c2nc1C. The molecule has 6 nitrogen and oxygen atoms in total. The maximum atomic E-state index is 15.0. The quantitative estimate of drug-likeness (QED) is 0.379. The molecule has 170 valence electrons. The fourth-order valence-electron chi connectivity index (χ4n) is 4.55. The van der Waals surface area contributed by atoms with Crippen LogP contribution in [0, 0.1) is 19.7 Å². The summed E-state index contributed by atoms with van der Waals surface area (Å²) in [4.78, 5) is 14.3. The minimum atomic E-state index is -0.394. The highest BCUT2D eigenvalue weighted by molar-refractivity contribution is 6.30. The van der Waals surface area contributed by atoms with Crippen molar-refractivity contribution in [2.75, 3.05) is 0 Å². The molecule has 1 aliphatic rings. The van der Waals surface area contributed by atoms with Gasteiger partial charge in [0, 0.05) is 46.6 Å². The normalized spacial score (nSPS) is 21.0. The van der Waals surface area contributed by atoms with Gasteiger partial charge in [-0.25, -0.2) is 19.3 Å². The Hall–Kier alpha value is -2.90. The average molecular weight is 466 g/mol. The van der Waals surface area contributed by atoms with E-state index in [9.17, 15) is 4.39 Å². The Morgan fingerprint density at radius 2 is 1.85 bits per heavy atom. The number of aromatic nitrogens is 5. The maximum absolute atomic E-state index is 15.0. The first-order valence-electron chi connectivity index (χ1n) is 11.0. The summed E-state index contributed by atoms with van der Waals surface area (Å²) in [6, 6.07) is 6.67. The first-order chi connectivity index (χ1) is 15.8. The number of halogens is 2. The minimum Gasteiger partial charge on any atom is -0.370 e. The molecule has 8 heteroatoms. The summed E-state index contributed by atoms with van der Waals surface area (Å²) < 4.78 is 23.0. The van der Waals surface area contributed by atoms with Gasteiger partial charge in [0.15, 0.2) is 5.65 Å². The molecule has 1 fully saturated rings. The lowest BCUT2D eigenvalue weighted by Crippen LogP contribution is -2.25. The van der Waals surface area contributed by atoms with Crippen molar-refractivity contribution in [1.29, 1.82) is 0 Å². The number of nitrogens with zero attached hydrogens (tertiary/aromatic N) is 5. The molecule has 1 aromatic carbocycles. The number of fused-ring (bicyclic) bond motifs is 1. The van der Waals surface area contributed by atoms with Gasteiger partial charge in [-0.15, -0.1) is 0 Å². The number of hydrogen-bond acceptors (Lipinski definition) is 5. The van der Waals surface area contributed by atoms with Gasteiger partial charge < -0.3 is 4.74 Å². The molecule has 0 amide bonds. The summed E-state index contributed by atoms with van der Waals surface area (Å²) in [7, 11) is 1.90. The van der Waals surface area contributed by atoms with Crippen LogP contribution < -0.4 is 0 Å². The van der Waals surface area contributed by atoms with Crippen LogP contribution in [0.3, 0.4) is 0 Å². The smallest absolute Gasteiger partial charge is 0.179 e. The predicted octanol–water partition coefficient (Wildman–Crippen LogP) is 5.86. The molecule has 4 aromatic rings. The first kappa shape index (κ1) is 21.9. The number of ether oxygens (including phenoxy) is 1. The van der Waals surface area contributed by atoms with Crippen molar-refractivity contribution in [1.82, 2.24) is 24.7 Å². The molecule has 0 N–H and O–H groups in total. The lowest BCUT2D eigenvalue weighted by Gasteiger charge is -2.33. The average Bonchev–Trinajstić information content (AvgIpc) is 3.20. The van der Waals surface area contributed by atoms with E-state index >= 15 is 0 Å². The highest BCUT2D eigenvalue weighted by Gasteiger charge is 2.31. The summed E-state index contributed by atoms with van der Waals surface area (Å²) in [5.41, 5.74) is 5.75. The highest BCUT2D eigenvalue weighted by Crippen LogP contribution is 2.41. The summed E-state index contributed by atoms with van der Waals surface area (Å²) >= 11 is 6.01. The Bertz CT molecular complexity index is 1350. The van der Waals surface area contributed by atoms with Gasteiger partial charge >= 0.3 is 0 Å². The van der Waals surface area contributed by atoms with Crippen molar-refractivity contribution in [3.8, 4) is 11.1 Å². The van der Waals surface area contributed by atoms with Gasteiger partial charge in [0.1, 0.15) is 11.3 Å². The zero-order valence-electron chi connectivity index (χ0n) is 19.0. The van der Waals surface area contributed by atoms with Crippen LogP contribution in [0.4, 0.5) is 4.39 Å². The van der Waals surface area contributed by atoms with Crippen LogP contribution >= 0.6 is 11.6 Å². The van der Waals surface area contributed by atoms with Crippen molar-refractivity contribution in [2.45, 2.75) is 51.7 Å². The molecular formula is C25H25ClFN5O. The van der Waals surface area contributed by atoms with Crippen LogP contribution in [-0.2, 0) is 11.8 Å². The second-order valence-corrected chi connectivity index (χ2v) is 9.27. The number of rotatable bonds is 3. The molecule has 3 aromatic heterocycles. The molecule has 5 rings (SSSR count). The standard InChI is InChI=1S/C25H25ClFN5O/c1-13-7-16(8-23(33-13)17-11-28-32(4)12-17)22-10-20(19-6-5-18(26)9-21(19)27)24-25(31-22)30-15(3)14(2)29-24/h5-6,9-13,16,23H,7-8H2,1-4H3/t13-,16+,23-/m1/s1. The molecule has 4 heterocycles. The molecule has 0 saturated carbocycles. The third-order valence-corrected chi connectivity index (χ3v) is 6.55. The molecule has 0 radical (unpaired) electrons. The van der Waals surface area contributed by atoms with Crippen molar-refractivity contribution in [3.05, 3.63) is 70.1 Å². The van der Waals surface area contributed by atoms with Crippen LogP contribution in [0.2, 0.25) is 5.02 Å². The van der Waals surface area contributed by atoms with E-state index in [4.69, 9.17) is 31.3 Å². The van der Waals surface area contributed by atoms with Gasteiger partial charge in [0.2, 0.25) is 0 Å². The van der Waals surface area contributed by atoms with Gasteiger partial charge in [-0.1, -0.05) is 11.6 Å². The molecular weight excluding hydrogens is 441 g/mol. The van der Waals surface area contributed by atoms with Crippen molar-refractivity contribution >= 4 is 22.8 Å². The summed E-state index contributed by atoms with van der Waals surface area (Å²) in [6.07, 6.45) is 5.38. The van der Waals surface area contributed by atoms with Gasteiger partial charge in [-0.2, -0.15) is 5.10 Å². The van der Waals surface area contributed by atoms with Crippen molar-refractivity contribution in [2.24, 2.45) is 7.05 Å². The lowest BCUT2D eigenvalue weighted by molar-refractivity contribution is -0.0505. The summed E-state index contributed by atoms with van der Waals surface area (Å²) in [5.74, 6) is -0.268.